The van der Waals surface area contributed by atoms with Gasteiger partial charge in [0.2, 0.25) is 5.91 Å². The van der Waals surface area contributed by atoms with Gasteiger partial charge in [-0.2, -0.15) is 13.2 Å². The summed E-state index contributed by atoms with van der Waals surface area (Å²) in [6, 6.07) is 4.73. The lowest BCUT2D eigenvalue weighted by Crippen LogP contribution is -2.35. The van der Waals surface area contributed by atoms with Crippen LogP contribution in [-0.4, -0.2) is 30.4 Å². The number of hydrogen-bond donors (Lipinski definition) is 1. The number of carbonyl (C=O) groups excluding carboxylic acids is 1. The molecule has 3 nitrogen and oxygen atoms in total. The molecule has 1 heterocycles. The van der Waals surface area contributed by atoms with E-state index in [-0.39, 0.29) is 18.1 Å². The van der Waals surface area contributed by atoms with E-state index in [2.05, 4.69) is 10.2 Å². The maximum Gasteiger partial charge on any atom is 0.416 e. The lowest BCUT2D eigenvalue weighted by Gasteiger charge is -2.23. The number of benzene rings is 1. The molecule has 0 bridgehead atoms. The van der Waals surface area contributed by atoms with E-state index in [0.29, 0.717) is 0 Å². The van der Waals surface area contributed by atoms with E-state index in [0.717, 1.165) is 38.1 Å². The number of hydrogen-bond acceptors (Lipinski definition) is 2. The fraction of sp³-hybridized carbons (Fsp3) is 0.562. The first-order valence-electron chi connectivity index (χ1n) is 7.64. The number of amides is 1. The van der Waals surface area contributed by atoms with Crippen LogP contribution in [0.15, 0.2) is 24.3 Å². The second-order valence-corrected chi connectivity index (χ2v) is 5.67. The first-order chi connectivity index (χ1) is 10.4. The Morgan fingerprint density at radius 2 is 1.73 bits per heavy atom. The second-order valence-electron chi connectivity index (χ2n) is 5.67. The van der Waals surface area contributed by atoms with E-state index < -0.39 is 11.7 Å². The fourth-order valence-electron chi connectivity index (χ4n) is 2.65. The molecule has 0 radical (unpaired) electrons. The van der Waals surface area contributed by atoms with Crippen LogP contribution < -0.4 is 5.32 Å². The first-order valence-corrected chi connectivity index (χ1v) is 7.64. The van der Waals surface area contributed by atoms with E-state index in [1.165, 1.54) is 31.4 Å². The number of halogens is 3. The van der Waals surface area contributed by atoms with Crippen LogP contribution in [-0.2, 0) is 11.0 Å². The lowest BCUT2D eigenvalue weighted by molar-refractivity contribution is -0.137. The van der Waals surface area contributed by atoms with Crippen molar-refractivity contribution in [1.29, 1.82) is 0 Å². The minimum atomic E-state index is -4.40. The Balaban J connectivity index is 1.91. The highest BCUT2D eigenvalue weighted by Gasteiger charge is 2.30. The monoisotopic (exact) mass is 314 g/mol. The molecule has 6 heteroatoms. The van der Waals surface area contributed by atoms with Crippen LogP contribution >= 0.6 is 0 Å². The van der Waals surface area contributed by atoms with E-state index in [1.807, 2.05) is 0 Å². The Bertz CT molecular complexity index is 494. The summed E-state index contributed by atoms with van der Waals surface area (Å²) in [4.78, 5) is 14.1. The van der Waals surface area contributed by atoms with Gasteiger partial charge in [-0.15, -0.1) is 0 Å². The van der Waals surface area contributed by atoms with Crippen molar-refractivity contribution in [3.63, 3.8) is 0 Å². The first kappa shape index (κ1) is 16.8. The van der Waals surface area contributed by atoms with Gasteiger partial charge in [0.25, 0.3) is 0 Å². The van der Waals surface area contributed by atoms with Gasteiger partial charge in [0.15, 0.2) is 0 Å². The molecular formula is C16H21F3N2O. The molecule has 1 saturated heterocycles. The third-order valence-corrected chi connectivity index (χ3v) is 3.79. The summed E-state index contributed by atoms with van der Waals surface area (Å²) in [7, 11) is 0. The molecule has 1 aromatic carbocycles. The average Bonchev–Trinajstić information content (AvgIpc) is 2.41. The topological polar surface area (TPSA) is 32.3 Å². The molecule has 0 aromatic heterocycles. The summed E-state index contributed by atoms with van der Waals surface area (Å²) < 4.78 is 37.9. The van der Waals surface area contributed by atoms with Crippen LogP contribution in [0.25, 0.3) is 0 Å². The Hall–Kier alpha value is -1.56. The highest BCUT2D eigenvalue weighted by molar-refractivity contribution is 5.92. The van der Waals surface area contributed by atoms with Crippen molar-refractivity contribution in [2.75, 3.05) is 25.0 Å². The molecule has 1 fully saturated rings. The predicted molar refractivity (Wildman–Crippen MR) is 79.6 cm³/mol. The van der Waals surface area contributed by atoms with E-state index in [4.69, 9.17) is 0 Å². The molecule has 0 spiro atoms. The average molecular weight is 314 g/mol. The van der Waals surface area contributed by atoms with Gasteiger partial charge in [-0.3, -0.25) is 9.69 Å². The summed E-state index contributed by atoms with van der Waals surface area (Å²) in [5, 5.41) is 2.56. The van der Waals surface area contributed by atoms with Crippen LogP contribution in [0.4, 0.5) is 18.9 Å². The molecule has 1 aliphatic heterocycles. The van der Waals surface area contributed by atoms with Gasteiger partial charge in [0.1, 0.15) is 0 Å². The molecule has 1 aliphatic rings. The second kappa shape index (κ2) is 7.63. The van der Waals surface area contributed by atoms with Gasteiger partial charge in [0.05, 0.1) is 12.1 Å². The van der Waals surface area contributed by atoms with E-state index in [1.54, 1.807) is 0 Å². The molecule has 1 N–H and O–H groups in total. The number of nitrogens with zero attached hydrogens (tertiary/aromatic N) is 1. The van der Waals surface area contributed by atoms with Crippen LogP contribution in [0, 0.1) is 0 Å². The molecule has 22 heavy (non-hydrogen) atoms. The van der Waals surface area contributed by atoms with E-state index >= 15 is 0 Å². The van der Waals surface area contributed by atoms with Crippen molar-refractivity contribution in [1.82, 2.24) is 4.90 Å². The summed E-state index contributed by atoms with van der Waals surface area (Å²) in [6.07, 6.45) is 1.32. The van der Waals surface area contributed by atoms with Crippen LogP contribution in [0.1, 0.15) is 37.7 Å². The maximum absolute atomic E-state index is 12.6. The highest BCUT2D eigenvalue weighted by atomic mass is 19.4. The molecule has 0 unspecified atom stereocenters. The minimum Gasteiger partial charge on any atom is -0.325 e. The third kappa shape index (κ3) is 5.33. The van der Waals surface area contributed by atoms with Gasteiger partial charge >= 0.3 is 6.18 Å². The quantitative estimate of drug-likeness (QED) is 0.917. The minimum absolute atomic E-state index is 0.187. The largest absolute Gasteiger partial charge is 0.416 e. The Kier molecular flexibility index (Phi) is 5.83. The molecule has 2 rings (SSSR count). The van der Waals surface area contributed by atoms with E-state index in [9.17, 15) is 18.0 Å². The van der Waals surface area contributed by atoms with Crippen LogP contribution in [0.2, 0.25) is 0 Å². The smallest absolute Gasteiger partial charge is 0.325 e. The number of carbonyl (C=O) groups is 1. The normalized spacial score (nSPS) is 17.6. The van der Waals surface area contributed by atoms with Crippen LogP contribution in [0.5, 0.6) is 0 Å². The van der Waals surface area contributed by atoms with Crippen molar-refractivity contribution < 1.29 is 18.0 Å². The fourth-order valence-corrected chi connectivity index (χ4v) is 2.65. The number of anilines is 1. The Morgan fingerprint density at radius 1 is 1.09 bits per heavy atom. The standard InChI is InChI=1S/C16H21F3N2O/c17-16(18,19)13-7-6-8-14(11-13)20-15(22)12-21-9-4-2-1-3-5-10-21/h6-8,11H,1-5,9-10,12H2,(H,20,22). The van der Waals surface area contributed by atoms with Crippen molar-refractivity contribution in [2.24, 2.45) is 0 Å². The zero-order chi connectivity index (χ0) is 16.0. The van der Waals surface area contributed by atoms with Crippen molar-refractivity contribution in [3.8, 4) is 0 Å². The molecule has 0 aliphatic carbocycles. The zero-order valence-electron chi connectivity index (χ0n) is 12.5. The van der Waals surface area contributed by atoms with Crippen LogP contribution in [0.3, 0.4) is 0 Å². The summed E-state index contributed by atoms with van der Waals surface area (Å²) in [6.45, 7) is 1.97. The molecule has 0 saturated carbocycles. The highest BCUT2D eigenvalue weighted by Crippen LogP contribution is 2.30. The Labute approximate surface area is 128 Å². The van der Waals surface area contributed by atoms with Crippen molar-refractivity contribution in [2.45, 2.75) is 38.3 Å². The number of alkyl halides is 3. The van der Waals surface area contributed by atoms with Gasteiger partial charge in [-0.25, -0.2) is 0 Å². The summed E-state index contributed by atoms with van der Waals surface area (Å²) in [5.41, 5.74) is -0.566. The number of nitrogens with one attached hydrogen (secondary N) is 1. The van der Waals surface area contributed by atoms with Gasteiger partial charge in [-0.05, 0) is 44.1 Å². The molecule has 122 valence electrons. The predicted octanol–water partition coefficient (Wildman–Crippen LogP) is 3.91. The number of likely N-dealkylation sites (tertiary alicyclic amines) is 1. The van der Waals surface area contributed by atoms with Gasteiger partial charge < -0.3 is 5.32 Å². The van der Waals surface area contributed by atoms with Crippen molar-refractivity contribution in [3.05, 3.63) is 29.8 Å². The van der Waals surface area contributed by atoms with Gasteiger partial charge in [-0.1, -0.05) is 25.3 Å². The Morgan fingerprint density at radius 3 is 2.36 bits per heavy atom. The molecule has 1 amide bonds. The maximum atomic E-state index is 12.6. The lowest BCUT2D eigenvalue weighted by atomic mass is 10.1. The zero-order valence-corrected chi connectivity index (χ0v) is 12.5. The third-order valence-electron chi connectivity index (χ3n) is 3.79. The number of rotatable bonds is 3. The summed E-state index contributed by atoms with van der Waals surface area (Å²) in [5.74, 6) is -0.264. The van der Waals surface area contributed by atoms with Crippen molar-refractivity contribution >= 4 is 11.6 Å². The molecule has 1 aromatic rings. The summed E-state index contributed by atoms with van der Waals surface area (Å²) >= 11 is 0. The molecule has 0 atom stereocenters. The van der Waals surface area contributed by atoms with Gasteiger partial charge in [0, 0.05) is 5.69 Å². The SMILES string of the molecule is O=C(CN1CCCCCCC1)Nc1cccc(C(F)(F)F)c1. The molecular weight excluding hydrogens is 293 g/mol.